The van der Waals surface area contributed by atoms with Crippen LogP contribution in [0.2, 0.25) is 0 Å². The summed E-state index contributed by atoms with van der Waals surface area (Å²) in [6.45, 7) is 3.22. The molecule has 1 aliphatic heterocycles. The molecule has 0 fully saturated rings. The molecule has 5 rings (SSSR count). The summed E-state index contributed by atoms with van der Waals surface area (Å²) in [4.78, 5) is 26.1. The van der Waals surface area contributed by atoms with E-state index in [9.17, 15) is 26.4 Å². The third-order valence-corrected chi connectivity index (χ3v) is 7.74. The summed E-state index contributed by atoms with van der Waals surface area (Å²) in [6, 6.07) is 4.95. The van der Waals surface area contributed by atoms with Crippen LogP contribution in [0.3, 0.4) is 0 Å². The number of alkyl halides is 3. The second-order valence-corrected chi connectivity index (χ2v) is 10.8. The molecule has 4 aromatic rings. The van der Waals surface area contributed by atoms with Crippen molar-refractivity contribution in [3.8, 4) is 11.4 Å². The number of hydrogen-bond donors (Lipinski definition) is 1. The molecule has 0 radical (unpaired) electrons. The fraction of sp³-hybridized carbons (Fsp3) is 0.348. The Labute approximate surface area is 215 Å². The molecule has 0 bridgehead atoms. The average Bonchev–Trinajstić information content (AvgIpc) is 3.47. The van der Waals surface area contributed by atoms with Gasteiger partial charge in [0.25, 0.3) is 5.91 Å². The van der Waals surface area contributed by atoms with Crippen molar-refractivity contribution >= 4 is 21.7 Å². The number of aromatic nitrogens is 6. The largest absolute Gasteiger partial charge is 0.511 e. The Morgan fingerprint density at radius 2 is 1.92 bits per heavy atom. The Balaban J connectivity index is 1.28. The molecular formula is C23H23F3N8O3S. The van der Waals surface area contributed by atoms with Gasteiger partial charge in [-0.1, -0.05) is 13.0 Å². The summed E-state index contributed by atoms with van der Waals surface area (Å²) in [5.41, 5.74) is -1.48. The SMILES string of the molecule is CCc1nc2ncc(C)cn2c1C(=O)NCc1ccc(-c2cc3n(n2)CCN(S(=O)(=O)C(F)(F)F)C3)nc1. The number of carbonyl (C=O) groups is 1. The number of hydrogen-bond acceptors (Lipinski definition) is 7. The lowest BCUT2D eigenvalue weighted by Gasteiger charge is -2.27. The van der Waals surface area contributed by atoms with Crippen LogP contribution >= 0.6 is 0 Å². The third kappa shape index (κ3) is 4.62. The maximum atomic E-state index is 13.0. The summed E-state index contributed by atoms with van der Waals surface area (Å²) < 4.78 is 65.8. The topological polar surface area (TPSA) is 127 Å². The molecule has 11 nitrogen and oxygen atoms in total. The van der Waals surface area contributed by atoms with Gasteiger partial charge in [0.05, 0.1) is 30.2 Å². The van der Waals surface area contributed by atoms with Gasteiger partial charge in [-0.25, -0.2) is 18.4 Å². The summed E-state index contributed by atoms with van der Waals surface area (Å²) in [5.74, 6) is 0.150. The van der Waals surface area contributed by atoms with Crippen molar-refractivity contribution in [2.45, 2.75) is 45.4 Å². The Kier molecular flexibility index (Phi) is 6.43. The summed E-state index contributed by atoms with van der Waals surface area (Å²) in [6.07, 6.45) is 5.63. The summed E-state index contributed by atoms with van der Waals surface area (Å²) in [7, 11) is -5.42. The van der Waals surface area contributed by atoms with E-state index in [1.165, 1.54) is 10.7 Å². The molecule has 0 atom stereocenters. The predicted octanol–water partition coefficient (Wildman–Crippen LogP) is 2.45. The number of amides is 1. The minimum atomic E-state index is -5.42. The van der Waals surface area contributed by atoms with Crippen LogP contribution in [0, 0.1) is 6.92 Å². The number of nitrogens with one attached hydrogen (secondary N) is 1. The van der Waals surface area contributed by atoms with Gasteiger partial charge in [0.1, 0.15) is 11.4 Å². The maximum absolute atomic E-state index is 13.0. The van der Waals surface area contributed by atoms with Crippen molar-refractivity contribution in [1.82, 2.24) is 38.8 Å². The van der Waals surface area contributed by atoms with Gasteiger partial charge in [0, 0.05) is 31.7 Å². The molecule has 1 aliphatic rings. The molecule has 200 valence electrons. The van der Waals surface area contributed by atoms with Gasteiger partial charge in [-0.15, -0.1) is 0 Å². The van der Waals surface area contributed by atoms with Gasteiger partial charge in [-0.05, 0) is 36.6 Å². The van der Waals surface area contributed by atoms with E-state index in [4.69, 9.17) is 0 Å². The Morgan fingerprint density at radius 1 is 1.13 bits per heavy atom. The number of imidazole rings is 1. The van der Waals surface area contributed by atoms with E-state index in [0.29, 0.717) is 45.0 Å². The molecule has 4 aromatic heterocycles. The molecule has 15 heteroatoms. The fourth-order valence-electron chi connectivity index (χ4n) is 4.23. The van der Waals surface area contributed by atoms with Crippen LogP contribution in [0.4, 0.5) is 13.2 Å². The van der Waals surface area contributed by atoms with Crippen molar-refractivity contribution in [3.63, 3.8) is 0 Å². The highest BCUT2D eigenvalue weighted by Gasteiger charge is 2.50. The van der Waals surface area contributed by atoms with E-state index >= 15 is 0 Å². The van der Waals surface area contributed by atoms with E-state index < -0.39 is 22.1 Å². The Bertz CT molecular complexity index is 1630. The quantitative estimate of drug-likeness (QED) is 0.392. The fourth-order valence-corrected chi connectivity index (χ4v) is 5.15. The summed E-state index contributed by atoms with van der Waals surface area (Å²) in [5, 5.41) is 7.23. The molecule has 38 heavy (non-hydrogen) atoms. The van der Waals surface area contributed by atoms with Gasteiger partial charge in [0.15, 0.2) is 0 Å². The lowest BCUT2D eigenvalue weighted by molar-refractivity contribution is -0.0496. The zero-order valence-electron chi connectivity index (χ0n) is 20.4. The first kappa shape index (κ1) is 25.8. The highest BCUT2D eigenvalue weighted by Crippen LogP contribution is 2.30. The molecule has 0 unspecified atom stereocenters. The van der Waals surface area contributed by atoms with Crippen molar-refractivity contribution in [1.29, 1.82) is 0 Å². The number of aryl methyl sites for hydroxylation is 2. The van der Waals surface area contributed by atoms with E-state index in [-0.39, 0.29) is 25.5 Å². The van der Waals surface area contributed by atoms with Gasteiger partial charge in [-0.2, -0.15) is 22.6 Å². The molecule has 5 heterocycles. The van der Waals surface area contributed by atoms with Crippen molar-refractivity contribution in [3.05, 3.63) is 65.0 Å². The zero-order chi connectivity index (χ0) is 27.2. The monoisotopic (exact) mass is 548 g/mol. The van der Waals surface area contributed by atoms with Crippen molar-refractivity contribution < 1.29 is 26.4 Å². The van der Waals surface area contributed by atoms with Gasteiger partial charge in [-0.3, -0.25) is 18.9 Å². The highest BCUT2D eigenvalue weighted by molar-refractivity contribution is 7.89. The third-order valence-electron chi connectivity index (χ3n) is 6.17. The normalized spacial score (nSPS) is 14.6. The molecule has 0 saturated carbocycles. The average molecular weight is 549 g/mol. The number of rotatable bonds is 6. The number of halogens is 3. The molecular weight excluding hydrogens is 525 g/mol. The predicted molar refractivity (Wildman–Crippen MR) is 129 cm³/mol. The van der Waals surface area contributed by atoms with E-state index in [2.05, 4.69) is 25.4 Å². The van der Waals surface area contributed by atoms with Crippen molar-refractivity contribution in [2.24, 2.45) is 0 Å². The standard InChI is InChI=1S/C23H23F3N8O3S/c1-3-17-20(33-12-14(2)9-29-22(33)30-17)21(35)28-11-15-4-5-18(27-10-15)19-8-16-13-32(6-7-34(16)31-19)38(36,37)23(24,25)26/h4-5,8-10,12H,3,6-7,11,13H2,1-2H3,(H,28,35). The van der Waals surface area contributed by atoms with E-state index in [1.807, 2.05) is 20.0 Å². The minimum absolute atomic E-state index is 0.00711. The number of sulfonamides is 1. The molecule has 0 aliphatic carbocycles. The first-order chi connectivity index (χ1) is 18.0. The molecule has 0 spiro atoms. The molecule has 0 aromatic carbocycles. The second-order valence-electron chi connectivity index (χ2n) is 8.82. The van der Waals surface area contributed by atoms with Crippen LogP contribution in [0.1, 0.15) is 39.9 Å². The van der Waals surface area contributed by atoms with Gasteiger partial charge >= 0.3 is 15.5 Å². The van der Waals surface area contributed by atoms with Crippen LogP contribution in [0.5, 0.6) is 0 Å². The van der Waals surface area contributed by atoms with Gasteiger partial charge < -0.3 is 5.32 Å². The molecule has 1 N–H and O–H groups in total. The molecule has 0 saturated heterocycles. The number of fused-ring (bicyclic) bond motifs is 2. The van der Waals surface area contributed by atoms with Crippen LogP contribution in [0.15, 0.2) is 36.8 Å². The second kappa shape index (κ2) is 9.47. The summed E-state index contributed by atoms with van der Waals surface area (Å²) >= 11 is 0. The number of pyridine rings is 1. The van der Waals surface area contributed by atoms with Gasteiger partial charge in [0.2, 0.25) is 5.78 Å². The number of nitrogens with zero attached hydrogens (tertiary/aromatic N) is 7. The smallest absolute Gasteiger partial charge is 0.347 e. The van der Waals surface area contributed by atoms with Crippen LogP contribution < -0.4 is 5.32 Å². The highest BCUT2D eigenvalue weighted by atomic mass is 32.2. The zero-order valence-corrected chi connectivity index (χ0v) is 21.2. The van der Waals surface area contributed by atoms with Crippen LogP contribution in [-0.4, -0.2) is 59.8 Å². The lowest BCUT2D eigenvalue weighted by atomic mass is 10.2. The minimum Gasteiger partial charge on any atom is -0.347 e. The van der Waals surface area contributed by atoms with Crippen molar-refractivity contribution in [2.75, 3.05) is 6.54 Å². The Morgan fingerprint density at radius 3 is 2.61 bits per heavy atom. The molecule has 1 amide bonds. The first-order valence-electron chi connectivity index (χ1n) is 11.7. The Hall–Kier alpha value is -3.85. The van der Waals surface area contributed by atoms with E-state index in [0.717, 1.165) is 11.1 Å². The van der Waals surface area contributed by atoms with Crippen LogP contribution in [-0.2, 0) is 36.1 Å². The van der Waals surface area contributed by atoms with Crippen LogP contribution in [0.25, 0.3) is 17.2 Å². The number of carbonyl (C=O) groups excluding carboxylic acids is 1. The maximum Gasteiger partial charge on any atom is 0.511 e. The first-order valence-corrected chi connectivity index (χ1v) is 13.1. The van der Waals surface area contributed by atoms with E-state index in [1.54, 1.807) is 28.9 Å². The lowest BCUT2D eigenvalue weighted by Crippen LogP contribution is -2.44.